The molecule has 0 unspecified atom stereocenters. The van der Waals surface area contributed by atoms with Gasteiger partial charge in [-0.2, -0.15) is 4.98 Å². The van der Waals surface area contributed by atoms with Gasteiger partial charge in [0, 0.05) is 17.8 Å². The van der Waals surface area contributed by atoms with Crippen LogP contribution in [0.1, 0.15) is 18.2 Å². The summed E-state index contributed by atoms with van der Waals surface area (Å²) in [5.41, 5.74) is 0. The number of hydrogen-bond acceptors (Lipinski definition) is 5. The number of rotatable bonds is 7. The summed E-state index contributed by atoms with van der Waals surface area (Å²) in [5.74, 6) is 1.35. The normalized spacial score (nSPS) is 10.3. The summed E-state index contributed by atoms with van der Waals surface area (Å²) in [4.78, 5) is 9.76. The van der Waals surface area contributed by atoms with Gasteiger partial charge in [-0.1, -0.05) is 13.0 Å². The molecule has 2 aromatic heterocycles. The van der Waals surface area contributed by atoms with Crippen LogP contribution < -0.4 is 10.1 Å². The molecule has 0 fully saturated rings. The molecular weight excluding hydrogens is 246 g/mol. The van der Waals surface area contributed by atoms with Crippen molar-refractivity contribution in [1.29, 1.82) is 0 Å². The van der Waals surface area contributed by atoms with Crippen molar-refractivity contribution >= 4 is 17.2 Å². The molecule has 1 N–H and O–H groups in total. The van der Waals surface area contributed by atoms with Crippen molar-refractivity contribution in [3.05, 3.63) is 34.8 Å². The maximum absolute atomic E-state index is 5.59. The van der Waals surface area contributed by atoms with Crippen molar-refractivity contribution in [3.8, 4) is 5.88 Å². The van der Waals surface area contributed by atoms with E-state index in [1.54, 1.807) is 23.7 Å². The molecule has 2 rings (SSSR count). The first-order valence-electron chi connectivity index (χ1n) is 6.09. The van der Waals surface area contributed by atoms with E-state index in [0.29, 0.717) is 12.5 Å². The largest absolute Gasteiger partial charge is 0.476 e. The van der Waals surface area contributed by atoms with Crippen molar-refractivity contribution in [2.45, 2.75) is 19.8 Å². The Morgan fingerprint density at radius 3 is 3.11 bits per heavy atom. The fourth-order valence-corrected chi connectivity index (χ4v) is 2.16. The fourth-order valence-electron chi connectivity index (χ4n) is 1.47. The first-order valence-corrected chi connectivity index (χ1v) is 6.97. The molecular formula is C13H17N3OS. The summed E-state index contributed by atoms with van der Waals surface area (Å²) in [6.45, 7) is 3.64. The summed E-state index contributed by atoms with van der Waals surface area (Å²) < 4.78 is 5.59. The van der Waals surface area contributed by atoms with Crippen molar-refractivity contribution in [2.24, 2.45) is 0 Å². The van der Waals surface area contributed by atoms with Crippen LogP contribution >= 0.6 is 11.3 Å². The van der Waals surface area contributed by atoms with Gasteiger partial charge in [-0.25, -0.2) is 0 Å². The Labute approximate surface area is 111 Å². The lowest BCUT2D eigenvalue weighted by Gasteiger charge is -2.07. The van der Waals surface area contributed by atoms with Crippen molar-refractivity contribution in [1.82, 2.24) is 9.97 Å². The zero-order valence-electron chi connectivity index (χ0n) is 10.4. The van der Waals surface area contributed by atoms with Crippen molar-refractivity contribution < 1.29 is 4.74 Å². The standard InChI is InChI=1S/C13H17N3OS/c1-2-6-15-12-9-14-10-13(16-12)17-7-5-11-4-3-8-18-11/h3-4,8-10H,2,5-7H2,1H3,(H,15,16). The third-order valence-electron chi connectivity index (χ3n) is 2.35. The SMILES string of the molecule is CCCNc1cncc(OCCc2cccs2)n1. The highest BCUT2D eigenvalue weighted by Gasteiger charge is 2.00. The number of nitrogens with one attached hydrogen (secondary N) is 1. The van der Waals surface area contributed by atoms with Crippen LogP contribution in [0.4, 0.5) is 5.82 Å². The third-order valence-corrected chi connectivity index (χ3v) is 3.28. The highest BCUT2D eigenvalue weighted by Crippen LogP contribution is 2.12. The monoisotopic (exact) mass is 263 g/mol. The van der Waals surface area contributed by atoms with Crippen LogP contribution in [0.25, 0.3) is 0 Å². The Balaban J connectivity index is 1.81. The smallest absolute Gasteiger partial charge is 0.234 e. The second kappa shape index (κ2) is 6.96. The lowest BCUT2D eigenvalue weighted by Crippen LogP contribution is -2.06. The molecule has 4 nitrogen and oxygen atoms in total. The molecule has 0 aliphatic carbocycles. The average molecular weight is 263 g/mol. The summed E-state index contributed by atoms with van der Waals surface area (Å²) in [6.07, 6.45) is 5.32. The zero-order valence-corrected chi connectivity index (χ0v) is 11.2. The van der Waals surface area contributed by atoms with Gasteiger partial charge in [-0.15, -0.1) is 11.3 Å². The molecule has 2 heterocycles. The van der Waals surface area contributed by atoms with Gasteiger partial charge in [-0.05, 0) is 17.9 Å². The summed E-state index contributed by atoms with van der Waals surface area (Å²) in [7, 11) is 0. The second-order valence-electron chi connectivity index (χ2n) is 3.85. The molecule has 18 heavy (non-hydrogen) atoms. The minimum Gasteiger partial charge on any atom is -0.476 e. The van der Waals surface area contributed by atoms with E-state index in [9.17, 15) is 0 Å². The van der Waals surface area contributed by atoms with Crippen LogP contribution in [0.5, 0.6) is 5.88 Å². The van der Waals surface area contributed by atoms with Crippen LogP contribution in [-0.2, 0) is 6.42 Å². The minimum absolute atomic E-state index is 0.577. The first-order chi connectivity index (χ1) is 8.88. The number of aromatic nitrogens is 2. The molecule has 0 atom stereocenters. The maximum atomic E-state index is 5.59. The first kappa shape index (κ1) is 12.8. The predicted molar refractivity (Wildman–Crippen MR) is 74.3 cm³/mol. The van der Waals surface area contributed by atoms with E-state index >= 15 is 0 Å². The fraction of sp³-hybridized carbons (Fsp3) is 0.385. The van der Waals surface area contributed by atoms with Crippen molar-refractivity contribution in [2.75, 3.05) is 18.5 Å². The molecule has 5 heteroatoms. The third kappa shape index (κ3) is 4.00. The van der Waals surface area contributed by atoms with Gasteiger partial charge in [0.15, 0.2) is 0 Å². The van der Waals surface area contributed by atoms with Gasteiger partial charge in [-0.3, -0.25) is 4.98 Å². The van der Waals surface area contributed by atoms with Gasteiger partial charge in [0.2, 0.25) is 5.88 Å². The summed E-state index contributed by atoms with van der Waals surface area (Å²) >= 11 is 1.74. The summed E-state index contributed by atoms with van der Waals surface area (Å²) in [6, 6.07) is 4.16. The average Bonchev–Trinajstić information content (AvgIpc) is 2.90. The van der Waals surface area contributed by atoms with Gasteiger partial charge in [0.1, 0.15) is 5.82 Å². The van der Waals surface area contributed by atoms with E-state index in [4.69, 9.17) is 4.74 Å². The molecule has 0 amide bonds. The molecule has 0 aromatic carbocycles. The van der Waals surface area contributed by atoms with Gasteiger partial charge in [0.25, 0.3) is 0 Å². The molecule has 2 aromatic rings. The lowest BCUT2D eigenvalue weighted by molar-refractivity contribution is 0.309. The molecule has 0 saturated heterocycles. The topological polar surface area (TPSA) is 47.0 Å². The van der Waals surface area contributed by atoms with Crippen molar-refractivity contribution in [3.63, 3.8) is 0 Å². The van der Waals surface area contributed by atoms with E-state index in [-0.39, 0.29) is 0 Å². The molecule has 0 spiro atoms. The van der Waals surface area contributed by atoms with Crippen LogP contribution in [0.15, 0.2) is 29.9 Å². The Morgan fingerprint density at radius 1 is 1.39 bits per heavy atom. The number of thiophene rings is 1. The van der Waals surface area contributed by atoms with Gasteiger partial charge < -0.3 is 10.1 Å². The molecule has 0 radical (unpaired) electrons. The predicted octanol–water partition coefficient (Wildman–Crippen LogP) is 2.98. The quantitative estimate of drug-likeness (QED) is 0.834. The number of anilines is 1. The van der Waals surface area contributed by atoms with E-state index in [1.165, 1.54) is 4.88 Å². The molecule has 0 aliphatic rings. The van der Waals surface area contributed by atoms with E-state index in [0.717, 1.165) is 25.2 Å². The van der Waals surface area contributed by atoms with Crippen LogP contribution in [0.2, 0.25) is 0 Å². The zero-order chi connectivity index (χ0) is 12.6. The van der Waals surface area contributed by atoms with Crippen LogP contribution in [0.3, 0.4) is 0 Å². The molecule has 0 bridgehead atoms. The van der Waals surface area contributed by atoms with E-state index in [2.05, 4.69) is 39.7 Å². The Morgan fingerprint density at radius 2 is 2.33 bits per heavy atom. The van der Waals surface area contributed by atoms with Crippen LogP contribution in [0, 0.1) is 0 Å². The highest BCUT2D eigenvalue weighted by molar-refractivity contribution is 7.09. The Hall–Kier alpha value is -1.62. The van der Waals surface area contributed by atoms with Crippen LogP contribution in [-0.4, -0.2) is 23.1 Å². The molecule has 96 valence electrons. The summed E-state index contributed by atoms with van der Waals surface area (Å²) in [5, 5.41) is 5.26. The van der Waals surface area contributed by atoms with E-state index < -0.39 is 0 Å². The lowest BCUT2D eigenvalue weighted by atomic mass is 10.4. The minimum atomic E-state index is 0.577. The highest BCUT2D eigenvalue weighted by atomic mass is 32.1. The van der Waals surface area contributed by atoms with E-state index in [1.807, 2.05) is 0 Å². The Kier molecular flexibility index (Phi) is 4.96. The second-order valence-corrected chi connectivity index (χ2v) is 4.88. The number of nitrogens with zero attached hydrogens (tertiary/aromatic N) is 2. The molecule has 0 aliphatic heterocycles. The Bertz CT molecular complexity index is 459. The maximum Gasteiger partial charge on any atom is 0.234 e. The van der Waals surface area contributed by atoms with Gasteiger partial charge in [0.05, 0.1) is 19.0 Å². The molecule has 0 saturated carbocycles. The number of hydrogen-bond donors (Lipinski definition) is 1. The van der Waals surface area contributed by atoms with Gasteiger partial charge >= 0.3 is 0 Å². The number of ether oxygens (including phenoxy) is 1.